The second-order valence-corrected chi connectivity index (χ2v) is 5.19. The summed E-state index contributed by atoms with van der Waals surface area (Å²) in [6.07, 6.45) is 3.40. The van der Waals surface area contributed by atoms with Crippen LogP contribution in [0.3, 0.4) is 0 Å². The van der Waals surface area contributed by atoms with E-state index in [2.05, 4.69) is 11.6 Å². The van der Waals surface area contributed by atoms with Crippen molar-refractivity contribution < 1.29 is 4.79 Å². The minimum absolute atomic E-state index is 0.122. The van der Waals surface area contributed by atoms with Gasteiger partial charge in [0.25, 0.3) is 0 Å². The monoisotopic (exact) mass is 299 g/mol. The Morgan fingerprint density at radius 1 is 1.33 bits per heavy atom. The number of anilines is 2. The minimum Gasteiger partial charge on any atom is -0.316 e. The fourth-order valence-corrected chi connectivity index (χ4v) is 2.59. The first-order chi connectivity index (χ1) is 10.2. The Labute approximate surface area is 128 Å². The highest BCUT2D eigenvalue weighted by Gasteiger charge is 2.31. The van der Waals surface area contributed by atoms with Gasteiger partial charge in [-0.3, -0.25) is 0 Å². The third-order valence-electron chi connectivity index (χ3n) is 3.32. The van der Waals surface area contributed by atoms with Gasteiger partial charge < -0.3 is 4.90 Å². The van der Waals surface area contributed by atoms with E-state index in [1.807, 2.05) is 24.3 Å². The largest absolute Gasteiger partial charge is 0.330 e. The van der Waals surface area contributed by atoms with Crippen LogP contribution in [-0.2, 0) is 6.54 Å². The van der Waals surface area contributed by atoms with Gasteiger partial charge in [0.15, 0.2) is 0 Å². The van der Waals surface area contributed by atoms with Crippen LogP contribution in [0.4, 0.5) is 16.3 Å². The molecule has 5 heteroatoms. The van der Waals surface area contributed by atoms with Crippen molar-refractivity contribution in [2.24, 2.45) is 0 Å². The molecule has 2 amide bonds. The number of hydrogen-bond donors (Lipinski definition) is 0. The molecule has 3 rings (SSSR count). The molecule has 21 heavy (non-hydrogen) atoms. The normalized spacial score (nSPS) is 14.0. The summed E-state index contributed by atoms with van der Waals surface area (Å²) < 4.78 is 0. The molecule has 1 aromatic heterocycles. The summed E-state index contributed by atoms with van der Waals surface area (Å²) in [5.74, 6) is 0.657. The first-order valence-electron chi connectivity index (χ1n) is 6.60. The van der Waals surface area contributed by atoms with Crippen molar-refractivity contribution in [3.8, 4) is 0 Å². The second kappa shape index (κ2) is 5.58. The van der Waals surface area contributed by atoms with Crippen molar-refractivity contribution in [2.75, 3.05) is 11.4 Å². The lowest BCUT2D eigenvalue weighted by Crippen LogP contribution is -2.45. The molecule has 0 fully saturated rings. The Hall–Kier alpha value is -2.33. The van der Waals surface area contributed by atoms with Crippen LogP contribution < -0.4 is 4.90 Å². The maximum Gasteiger partial charge on any atom is 0.330 e. The van der Waals surface area contributed by atoms with Gasteiger partial charge in [-0.25, -0.2) is 14.7 Å². The van der Waals surface area contributed by atoms with E-state index >= 15 is 0 Å². The number of amides is 2. The van der Waals surface area contributed by atoms with Gasteiger partial charge in [-0.15, -0.1) is 6.58 Å². The lowest BCUT2D eigenvalue weighted by Gasteiger charge is -2.35. The molecule has 0 saturated heterocycles. The highest BCUT2D eigenvalue weighted by Crippen LogP contribution is 2.33. The predicted molar refractivity (Wildman–Crippen MR) is 83.8 cm³/mol. The van der Waals surface area contributed by atoms with Gasteiger partial charge in [0.05, 0.1) is 12.2 Å². The molecule has 1 aliphatic heterocycles. The molecule has 0 saturated carbocycles. The fraction of sp³-hybridized carbons (Fsp3) is 0.125. The van der Waals surface area contributed by atoms with Crippen LogP contribution in [0, 0.1) is 0 Å². The maximum absolute atomic E-state index is 12.7. The standard InChI is InChI=1S/C16H14ClN3O/c1-2-9-19-11-12-5-4-8-18-15(12)20(16(19)21)14-7-3-6-13(17)10-14/h2-8,10H,1,9,11H2. The molecule has 0 spiro atoms. The highest BCUT2D eigenvalue weighted by atomic mass is 35.5. The number of aromatic nitrogens is 1. The van der Waals surface area contributed by atoms with Crippen molar-refractivity contribution in [2.45, 2.75) is 6.54 Å². The van der Waals surface area contributed by atoms with Crippen molar-refractivity contribution in [1.29, 1.82) is 0 Å². The van der Waals surface area contributed by atoms with Crippen LogP contribution in [0.5, 0.6) is 0 Å². The Morgan fingerprint density at radius 2 is 2.19 bits per heavy atom. The molecule has 0 aliphatic carbocycles. The van der Waals surface area contributed by atoms with Crippen LogP contribution in [0.2, 0.25) is 5.02 Å². The Balaban J connectivity index is 2.12. The predicted octanol–water partition coefficient (Wildman–Crippen LogP) is 3.99. The number of hydrogen-bond acceptors (Lipinski definition) is 2. The fourth-order valence-electron chi connectivity index (χ4n) is 2.41. The van der Waals surface area contributed by atoms with Gasteiger partial charge in [0.1, 0.15) is 5.82 Å². The molecule has 106 valence electrons. The molecule has 0 bridgehead atoms. The smallest absolute Gasteiger partial charge is 0.316 e. The van der Waals surface area contributed by atoms with E-state index in [1.165, 1.54) is 0 Å². The van der Waals surface area contributed by atoms with E-state index in [-0.39, 0.29) is 6.03 Å². The van der Waals surface area contributed by atoms with Crippen LogP contribution in [0.25, 0.3) is 0 Å². The van der Waals surface area contributed by atoms with Crippen molar-refractivity contribution >= 4 is 29.1 Å². The minimum atomic E-state index is -0.122. The third-order valence-corrected chi connectivity index (χ3v) is 3.55. The van der Waals surface area contributed by atoms with E-state index in [9.17, 15) is 4.79 Å². The SMILES string of the molecule is C=CCN1Cc2cccnc2N(c2cccc(Cl)c2)C1=O. The van der Waals surface area contributed by atoms with Gasteiger partial charge in [-0.05, 0) is 24.3 Å². The quantitative estimate of drug-likeness (QED) is 0.803. The number of urea groups is 1. The van der Waals surface area contributed by atoms with Crippen molar-refractivity contribution in [1.82, 2.24) is 9.88 Å². The highest BCUT2D eigenvalue weighted by molar-refractivity contribution is 6.31. The Bertz CT molecular complexity index is 701. The molecular weight excluding hydrogens is 286 g/mol. The zero-order valence-corrected chi connectivity index (χ0v) is 12.1. The maximum atomic E-state index is 12.7. The molecule has 0 radical (unpaired) electrons. The molecule has 0 unspecified atom stereocenters. The van der Waals surface area contributed by atoms with E-state index in [0.29, 0.717) is 29.6 Å². The number of pyridine rings is 1. The first kappa shape index (κ1) is 13.6. The number of benzene rings is 1. The van der Waals surface area contributed by atoms with E-state index in [1.54, 1.807) is 34.2 Å². The summed E-state index contributed by atoms with van der Waals surface area (Å²) in [5, 5.41) is 0.582. The summed E-state index contributed by atoms with van der Waals surface area (Å²) in [4.78, 5) is 20.4. The van der Waals surface area contributed by atoms with Gasteiger partial charge >= 0.3 is 6.03 Å². The summed E-state index contributed by atoms with van der Waals surface area (Å²) >= 11 is 6.05. The van der Waals surface area contributed by atoms with Crippen LogP contribution in [-0.4, -0.2) is 22.5 Å². The lowest BCUT2D eigenvalue weighted by atomic mass is 10.1. The molecule has 1 aromatic carbocycles. The Kier molecular flexibility index (Phi) is 3.62. The summed E-state index contributed by atoms with van der Waals surface area (Å²) in [6, 6.07) is 10.9. The summed E-state index contributed by atoms with van der Waals surface area (Å²) in [6.45, 7) is 4.73. The number of carbonyl (C=O) groups is 1. The zero-order chi connectivity index (χ0) is 14.8. The molecular formula is C16H14ClN3O. The van der Waals surface area contributed by atoms with Gasteiger partial charge in [0, 0.05) is 23.3 Å². The van der Waals surface area contributed by atoms with Crippen molar-refractivity contribution in [3.05, 3.63) is 65.8 Å². The van der Waals surface area contributed by atoms with Crippen LogP contribution in [0.1, 0.15) is 5.56 Å². The molecule has 1 aliphatic rings. The van der Waals surface area contributed by atoms with Gasteiger partial charge in [-0.1, -0.05) is 29.8 Å². The molecule has 2 aromatic rings. The van der Waals surface area contributed by atoms with Crippen LogP contribution >= 0.6 is 11.6 Å². The van der Waals surface area contributed by atoms with E-state index < -0.39 is 0 Å². The number of rotatable bonds is 3. The molecule has 0 atom stereocenters. The second-order valence-electron chi connectivity index (χ2n) is 4.75. The topological polar surface area (TPSA) is 36.4 Å². The number of nitrogens with zero attached hydrogens (tertiary/aromatic N) is 3. The van der Waals surface area contributed by atoms with Crippen LogP contribution in [0.15, 0.2) is 55.3 Å². The number of halogens is 1. The van der Waals surface area contributed by atoms with Gasteiger partial charge in [-0.2, -0.15) is 0 Å². The molecule has 0 N–H and O–H groups in total. The summed E-state index contributed by atoms with van der Waals surface area (Å²) in [5.41, 5.74) is 1.71. The summed E-state index contributed by atoms with van der Waals surface area (Å²) in [7, 11) is 0. The average Bonchev–Trinajstić information content (AvgIpc) is 2.48. The first-order valence-corrected chi connectivity index (χ1v) is 6.98. The molecule has 2 heterocycles. The lowest BCUT2D eigenvalue weighted by molar-refractivity contribution is 0.207. The average molecular weight is 300 g/mol. The number of fused-ring (bicyclic) bond motifs is 1. The zero-order valence-electron chi connectivity index (χ0n) is 11.4. The van der Waals surface area contributed by atoms with Crippen molar-refractivity contribution in [3.63, 3.8) is 0 Å². The van der Waals surface area contributed by atoms with E-state index in [0.717, 1.165) is 5.56 Å². The Morgan fingerprint density at radius 3 is 2.95 bits per heavy atom. The van der Waals surface area contributed by atoms with E-state index in [4.69, 9.17) is 11.6 Å². The molecule has 4 nitrogen and oxygen atoms in total. The third kappa shape index (κ3) is 2.50. The van der Waals surface area contributed by atoms with Gasteiger partial charge in [0.2, 0.25) is 0 Å². The number of carbonyl (C=O) groups excluding carboxylic acids is 1.